The van der Waals surface area contributed by atoms with Crippen LogP contribution >= 0.6 is 0 Å². The van der Waals surface area contributed by atoms with E-state index in [0.717, 1.165) is 0 Å². The van der Waals surface area contributed by atoms with Crippen LogP contribution in [0.5, 0.6) is 0 Å². The normalized spacial score (nSPS) is 17.1. The Morgan fingerprint density at radius 2 is 1.79 bits per heavy atom. The van der Waals surface area contributed by atoms with E-state index in [-0.39, 0.29) is 5.92 Å². The zero-order valence-corrected chi connectivity index (χ0v) is 9.45. The quantitative estimate of drug-likeness (QED) is 0.686. The predicted molar refractivity (Wildman–Crippen MR) is 57.7 cm³/mol. The highest BCUT2D eigenvalue weighted by Gasteiger charge is 2.29. The molecular formula is C12H20O2. The van der Waals surface area contributed by atoms with Gasteiger partial charge in [-0.05, 0) is 17.8 Å². The van der Waals surface area contributed by atoms with E-state index in [9.17, 15) is 4.79 Å². The topological polar surface area (TPSA) is 37.3 Å². The lowest BCUT2D eigenvalue weighted by Gasteiger charge is -2.27. The fourth-order valence-electron chi connectivity index (χ4n) is 1.60. The number of carboxylic acid groups (broad SMARTS) is 1. The minimum atomic E-state index is -0.775. The molecule has 14 heavy (non-hydrogen) atoms. The lowest BCUT2D eigenvalue weighted by atomic mass is 9.77. The Kier molecular flexibility index (Phi) is 5.30. The van der Waals surface area contributed by atoms with E-state index in [0.29, 0.717) is 18.3 Å². The molecule has 0 heterocycles. The Morgan fingerprint density at radius 1 is 1.29 bits per heavy atom. The van der Waals surface area contributed by atoms with Gasteiger partial charge >= 0.3 is 5.97 Å². The molecule has 3 unspecified atom stereocenters. The lowest BCUT2D eigenvalue weighted by molar-refractivity contribution is -0.144. The second kappa shape index (κ2) is 5.70. The van der Waals surface area contributed by atoms with Crippen LogP contribution in [0.25, 0.3) is 0 Å². The summed E-state index contributed by atoms with van der Waals surface area (Å²) in [5.74, 6) is 2.26. The molecule has 2 heteroatoms. The van der Waals surface area contributed by atoms with Gasteiger partial charge in [0.15, 0.2) is 0 Å². The van der Waals surface area contributed by atoms with Gasteiger partial charge in [-0.25, -0.2) is 0 Å². The number of hydrogen-bond donors (Lipinski definition) is 1. The van der Waals surface area contributed by atoms with Crippen molar-refractivity contribution in [2.24, 2.45) is 23.7 Å². The molecule has 0 aromatic heterocycles. The van der Waals surface area contributed by atoms with Crippen molar-refractivity contribution >= 4 is 5.97 Å². The summed E-state index contributed by atoms with van der Waals surface area (Å²) < 4.78 is 0. The first-order valence-corrected chi connectivity index (χ1v) is 5.08. The van der Waals surface area contributed by atoms with Crippen LogP contribution in [0, 0.1) is 36.0 Å². The van der Waals surface area contributed by atoms with E-state index in [1.54, 1.807) is 0 Å². The third-order valence-corrected chi connectivity index (χ3v) is 3.17. The average Bonchev–Trinajstić information content (AvgIpc) is 2.11. The Bertz CT molecular complexity index is 225. The molecule has 0 aliphatic carbocycles. The number of terminal acetylenes is 1. The molecule has 0 aromatic rings. The predicted octanol–water partition coefficient (Wildman–Crippen LogP) is 2.64. The molecule has 3 atom stereocenters. The minimum absolute atomic E-state index is 0.128. The summed E-state index contributed by atoms with van der Waals surface area (Å²) >= 11 is 0. The molecule has 0 fully saturated rings. The van der Waals surface area contributed by atoms with Gasteiger partial charge in [-0.15, -0.1) is 12.3 Å². The highest BCUT2D eigenvalue weighted by Crippen LogP contribution is 2.28. The van der Waals surface area contributed by atoms with Gasteiger partial charge in [0.25, 0.3) is 0 Å². The molecule has 0 amide bonds. The second-order valence-electron chi connectivity index (χ2n) is 4.32. The van der Waals surface area contributed by atoms with Crippen LogP contribution in [-0.2, 0) is 4.79 Å². The molecule has 0 aliphatic heterocycles. The van der Waals surface area contributed by atoms with Crippen LogP contribution in [0.3, 0.4) is 0 Å². The summed E-state index contributed by atoms with van der Waals surface area (Å²) in [6, 6.07) is 0. The Morgan fingerprint density at radius 3 is 2.07 bits per heavy atom. The summed E-state index contributed by atoms with van der Waals surface area (Å²) in [5.41, 5.74) is 0. The average molecular weight is 196 g/mol. The molecule has 0 aliphatic rings. The van der Waals surface area contributed by atoms with E-state index in [1.807, 2.05) is 6.92 Å². The molecule has 0 rings (SSSR count). The van der Waals surface area contributed by atoms with Crippen LogP contribution in [0.4, 0.5) is 0 Å². The van der Waals surface area contributed by atoms with Gasteiger partial charge in [-0.3, -0.25) is 4.79 Å². The second-order valence-corrected chi connectivity index (χ2v) is 4.32. The standard InChI is InChI=1S/C12H20O2/c1-6-7-11(12(13)14)10(5)9(4)8(2)3/h1,8-11H,7H2,2-5H3,(H,13,14). The first kappa shape index (κ1) is 13.0. The molecule has 0 bridgehead atoms. The maximum atomic E-state index is 11.0. The molecule has 0 spiro atoms. The monoisotopic (exact) mass is 196 g/mol. The smallest absolute Gasteiger partial charge is 0.307 e. The Hall–Kier alpha value is -0.970. The molecule has 0 aromatic carbocycles. The van der Waals surface area contributed by atoms with Crippen LogP contribution in [-0.4, -0.2) is 11.1 Å². The Labute approximate surface area is 86.7 Å². The number of rotatable bonds is 5. The van der Waals surface area contributed by atoms with Gasteiger partial charge < -0.3 is 5.11 Å². The fraction of sp³-hybridized carbons (Fsp3) is 0.750. The van der Waals surface area contributed by atoms with Crippen LogP contribution in [0.1, 0.15) is 34.1 Å². The molecule has 0 saturated carbocycles. The first-order chi connectivity index (χ1) is 6.41. The van der Waals surface area contributed by atoms with Gasteiger partial charge in [0.2, 0.25) is 0 Å². The van der Waals surface area contributed by atoms with Crippen LogP contribution in [0.2, 0.25) is 0 Å². The van der Waals surface area contributed by atoms with Crippen molar-refractivity contribution in [3.05, 3.63) is 0 Å². The summed E-state index contributed by atoms with van der Waals surface area (Å²) in [6.45, 7) is 8.27. The van der Waals surface area contributed by atoms with Crippen LogP contribution < -0.4 is 0 Å². The van der Waals surface area contributed by atoms with Crippen molar-refractivity contribution in [1.29, 1.82) is 0 Å². The molecule has 0 radical (unpaired) electrons. The largest absolute Gasteiger partial charge is 0.481 e. The number of hydrogen-bond acceptors (Lipinski definition) is 1. The van der Waals surface area contributed by atoms with E-state index in [4.69, 9.17) is 11.5 Å². The minimum Gasteiger partial charge on any atom is -0.481 e. The van der Waals surface area contributed by atoms with E-state index in [1.165, 1.54) is 0 Å². The highest BCUT2D eigenvalue weighted by molar-refractivity contribution is 5.70. The van der Waals surface area contributed by atoms with Gasteiger partial charge in [-0.1, -0.05) is 27.7 Å². The molecular weight excluding hydrogens is 176 g/mol. The zero-order valence-electron chi connectivity index (χ0n) is 9.45. The summed E-state index contributed by atoms with van der Waals surface area (Å²) in [5, 5.41) is 9.01. The summed E-state index contributed by atoms with van der Waals surface area (Å²) in [7, 11) is 0. The van der Waals surface area contributed by atoms with E-state index >= 15 is 0 Å². The van der Waals surface area contributed by atoms with E-state index in [2.05, 4.69) is 26.7 Å². The fourth-order valence-corrected chi connectivity index (χ4v) is 1.60. The molecule has 2 nitrogen and oxygen atoms in total. The van der Waals surface area contributed by atoms with Crippen LogP contribution in [0.15, 0.2) is 0 Å². The third-order valence-electron chi connectivity index (χ3n) is 3.17. The molecule has 1 N–H and O–H groups in total. The van der Waals surface area contributed by atoms with Crippen molar-refractivity contribution in [2.75, 3.05) is 0 Å². The van der Waals surface area contributed by atoms with Crippen molar-refractivity contribution < 1.29 is 9.90 Å². The van der Waals surface area contributed by atoms with Gasteiger partial charge in [-0.2, -0.15) is 0 Å². The number of carbonyl (C=O) groups is 1. The van der Waals surface area contributed by atoms with Gasteiger partial charge in [0.1, 0.15) is 0 Å². The highest BCUT2D eigenvalue weighted by atomic mass is 16.4. The van der Waals surface area contributed by atoms with Crippen molar-refractivity contribution in [1.82, 2.24) is 0 Å². The third kappa shape index (κ3) is 3.41. The Balaban J connectivity index is 4.52. The van der Waals surface area contributed by atoms with Crippen molar-refractivity contribution in [2.45, 2.75) is 34.1 Å². The summed E-state index contributed by atoms with van der Waals surface area (Å²) in [6.07, 6.45) is 5.49. The van der Waals surface area contributed by atoms with E-state index < -0.39 is 11.9 Å². The molecule has 0 saturated heterocycles. The maximum Gasteiger partial charge on any atom is 0.307 e. The van der Waals surface area contributed by atoms with Crippen molar-refractivity contribution in [3.63, 3.8) is 0 Å². The summed E-state index contributed by atoms with van der Waals surface area (Å²) in [4.78, 5) is 11.0. The van der Waals surface area contributed by atoms with Gasteiger partial charge in [0.05, 0.1) is 5.92 Å². The maximum absolute atomic E-state index is 11.0. The number of carboxylic acids is 1. The van der Waals surface area contributed by atoms with Crippen molar-refractivity contribution in [3.8, 4) is 12.3 Å². The molecule has 80 valence electrons. The lowest BCUT2D eigenvalue weighted by Crippen LogP contribution is -2.28. The van der Waals surface area contributed by atoms with Gasteiger partial charge in [0, 0.05) is 6.42 Å². The zero-order chi connectivity index (χ0) is 11.3. The number of aliphatic carboxylic acids is 1. The first-order valence-electron chi connectivity index (χ1n) is 5.08. The SMILES string of the molecule is C#CCC(C(=O)O)C(C)C(C)C(C)C.